The number of likely N-dealkylation sites (N-methyl/N-ethyl adjacent to an activating group) is 1. The summed E-state index contributed by atoms with van der Waals surface area (Å²) in [4.78, 5) is 27.5. The fourth-order valence-corrected chi connectivity index (χ4v) is 5.07. The van der Waals surface area contributed by atoms with Crippen molar-refractivity contribution in [2.45, 2.75) is 38.3 Å². The highest BCUT2D eigenvalue weighted by molar-refractivity contribution is 7.92. The average molecular weight is 512 g/mol. The molecular formula is C27H30FN3O4S. The van der Waals surface area contributed by atoms with E-state index in [2.05, 4.69) is 5.32 Å². The smallest absolute Gasteiger partial charge is 0.264 e. The molecule has 0 heterocycles. The van der Waals surface area contributed by atoms with Crippen LogP contribution in [0.2, 0.25) is 0 Å². The summed E-state index contributed by atoms with van der Waals surface area (Å²) in [5, 5.41) is 2.72. The van der Waals surface area contributed by atoms with Crippen LogP contribution in [0, 0.1) is 12.7 Å². The number of aryl methyl sites for hydroxylation is 1. The highest BCUT2D eigenvalue weighted by Crippen LogP contribution is 2.24. The Labute approximate surface area is 211 Å². The van der Waals surface area contributed by atoms with Gasteiger partial charge < -0.3 is 10.2 Å². The van der Waals surface area contributed by atoms with Gasteiger partial charge in [0.15, 0.2) is 0 Å². The maximum atomic E-state index is 13.7. The number of amides is 2. The molecule has 0 radical (unpaired) electrons. The number of para-hydroxylation sites is 1. The average Bonchev–Trinajstić information content (AvgIpc) is 2.87. The van der Waals surface area contributed by atoms with Crippen molar-refractivity contribution in [2.75, 3.05) is 17.4 Å². The zero-order chi connectivity index (χ0) is 26.3. The predicted octanol–water partition coefficient (Wildman–Crippen LogP) is 3.88. The van der Waals surface area contributed by atoms with E-state index >= 15 is 0 Å². The van der Waals surface area contributed by atoms with Gasteiger partial charge in [0.25, 0.3) is 10.0 Å². The summed E-state index contributed by atoms with van der Waals surface area (Å²) in [5.74, 6) is -1.47. The van der Waals surface area contributed by atoms with E-state index in [0.717, 1.165) is 39.7 Å². The molecule has 2 amide bonds. The third-order valence-electron chi connectivity index (χ3n) is 5.72. The van der Waals surface area contributed by atoms with Crippen molar-refractivity contribution in [3.63, 3.8) is 0 Å². The Kier molecular flexibility index (Phi) is 8.82. The Hall–Kier alpha value is -3.72. The number of nitrogens with one attached hydrogen (secondary N) is 1. The van der Waals surface area contributed by atoms with Crippen molar-refractivity contribution in [3.05, 3.63) is 95.8 Å². The van der Waals surface area contributed by atoms with Crippen LogP contribution < -0.4 is 9.62 Å². The zero-order valence-electron chi connectivity index (χ0n) is 20.5. The lowest BCUT2D eigenvalue weighted by atomic mass is 10.1. The minimum Gasteiger partial charge on any atom is -0.355 e. The molecule has 0 spiro atoms. The van der Waals surface area contributed by atoms with Gasteiger partial charge in [0.1, 0.15) is 18.4 Å². The molecule has 9 heteroatoms. The first-order valence-electron chi connectivity index (χ1n) is 11.6. The number of rotatable bonds is 10. The maximum absolute atomic E-state index is 13.7. The molecular weight excluding hydrogens is 481 g/mol. The molecule has 3 rings (SSSR count). The molecule has 0 aromatic heterocycles. The molecule has 3 aromatic carbocycles. The van der Waals surface area contributed by atoms with Gasteiger partial charge in [-0.2, -0.15) is 0 Å². The lowest BCUT2D eigenvalue weighted by Crippen LogP contribution is -2.51. The number of benzene rings is 3. The van der Waals surface area contributed by atoms with Crippen LogP contribution in [0.4, 0.5) is 10.1 Å². The predicted molar refractivity (Wildman–Crippen MR) is 137 cm³/mol. The monoisotopic (exact) mass is 511 g/mol. The van der Waals surface area contributed by atoms with Crippen LogP contribution in [0.5, 0.6) is 0 Å². The van der Waals surface area contributed by atoms with Gasteiger partial charge in [-0.3, -0.25) is 13.9 Å². The second kappa shape index (κ2) is 11.8. The van der Waals surface area contributed by atoms with E-state index in [0.29, 0.717) is 6.54 Å². The fraction of sp³-hybridized carbons (Fsp3) is 0.259. The van der Waals surface area contributed by atoms with Gasteiger partial charge in [-0.25, -0.2) is 12.8 Å². The molecule has 0 fully saturated rings. The van der Waals surface area contributed by atoms with Crippen molar-refractivity contribution in [1.82, 2.24) is 10.2 Å². The van der Waals surface area contributed by atoms with Crippen LogP contribution >= 0.6 is 0 Å². The molecule has 0 saturated heterocycles. The number of sulfonamides is 1. The van der Waals surface area contributed by atoms with Crippen LogP contribution in [0.3, 0.4) is 0 Å². The first-order valence-corrected chi connectivity index (χ1v) is 13.0. The number of carbonyl (C=O) groups is 2. The first-order chi connectivity index (χ1) is 17.1. The van der Waals surface area contributed by atoms with Crippen molar-refractivity contribution in [3.8, 4) is 0 Å². The van der Waals surface area contributed by atoms with Gasteiger partial charge >= 0.3 is 0 Å². The summed E-state index contributed by atoms with van der Waals surface area (Å²) in [6, 6.07) is 19.3. The van der Waals surface area contributed by atoms with Gasteiger partial charge in [0.2, 0.25) is 11.8 Å². The quantitative estimate of drug-likeness (QED) is 0.448. The molecule has 1 N–H and O–H groups in total. The van der Waals surface area contributed by atoms with Crippen molar-refractivity contribution in [1.29, 1.82) is 0 Å². The molecule has 3 aromatic rings. The number of hydrogen-bond acceptors (Lipinski definition) is 4. The molecule has 1 atom stereocenters. The minimum atomic E-state index is -4.22. The number of anilines is 1. The molecule has 190 valence electrons. The number of halogens is 1. The number of carbonyl (C=O) groups excluding carboxylic acids is 2. The lowest BCUT2D eigenvalue weighted by molar-refractivity contribution is -0.139. The Bertz CT molecular complexity index is 1280. The summed E-state index contributed by atoms with van der Waals surface area (Å²) in [5.41, 5.74) is 2.13. The normalized spacial score (nSPS) is 12.0. The molecule has 0 aliphatic heterocycles. The Morgan fingerprint density at radius 1 is 0.944 bits per heavy atom. The van der Waals surface area contributed by atoms with E-state index in [1.807, 2.05) is 31.2 Å². The summed E-state index contributed by atoms with van der Waals surface area (Å²) < 4.78 is 41.6. The Morgan fingerprint density at radius 3 is 2.14 bits per heavy atom. The molecule has 0 unspecified atom stereocenters. The van der Waals surface area contributed by atoms with E-state index in [1.165, 1.54) is 4.90 Å². The van der Waals surface area contributed by atoms with Crippen LogP contribution in [0.25, 0.3) is 0 Å². The van der Waals surface area contributed by atoms with Crippen LogP contribution in [-0.2, 0) is 26.2 Å². The van der Waals surface area contributed by atoms with Crippen molar-refractivity contribution >= 4 is 27.5 Å². The van der Waals surface area contributed by atoms with E-state index in [4.69, 9.17) is 0 Å². The minimum absolute atomic E-state index is 0.122. The van der Waals surface area contributed by atoms with E-state index < -0.39 is 34.3 Å². The molecule has 7 nitrogen and oxygen atoms in total. The molecule has 0 saturated carbocycles. The third-order valence-corrected chi connectivity index (χ3v) is 7.50. The lowest BCUT2D eigenvalue weighted by Gasteiger charge is -2.32. The van der Waals surface area contributed by atoms with Gasteiger partial charge in [-0.05, 0) is 62.7 Å². The summed E-state index contributed by atoms with van der Waals surface area (Å²) >= 11 is 0. The number of hydrogen-bond donors (Lipinski definition) is 1. The van der Waals surface area contributed by atoms with Gasteiger partial charge in [-0.1, -0.05) is 48.0 Å². The Morgan fingerprint density at radius 2 is 1.56 bits per heavy atom. The van der Waals surface area contributed by atoms with Gasteiger partial charge in [-0.15, -0.1) is 0 Å². The SMILES string of the molecule is CCNC(=O)[C@H](C)N(Cc1ccc(C)cc1)C(=O)CN(c1ccccc1)S(=O)(=O)c1ccc(F)cc1. The van der Waals surface area contributed by atoms with Gasteiger partial charge in [0.05, 0.1) is 10.6 Å². The highest BCUT2D eigenvalue weighted by atomic mass is 32.2. The van der Waals surface area contributed by atoms with Crippen molar-refractivity contribution < 1.29 is 22.4 Å². The van der Waals surface area contributed by atoms with Crippen LogP contribution in [-0.4, -0.2) is 44.3 Å². The van der Waals surface area contributed by atoms with Crippen molar-refractivity contribution in [2.24, 2.45) is 0 Å². The number of nitrogens with zero attached hydrogens (tertiary/aromatic N) is 2. The second-order valence-corrected chi connectivity index (χ2v) is 10.2. The zero-order valence-corrected chi connectivity index (χ0v) is 21.3. The third kappa shape index (κ3) is 6.48. The first kappa shape index (κ1) is 26.9. The topological polar surface area (TPSA) is 86.8 Å². The highest BCUT2D eigenvalue weighted by Gasteiger charge is 2.32. The maximum Gasteiger partial charge on any atom is 0.264 e. The van der Waals surface area contributed by atoms with Crippen LogP contribution in [0.1, 0.15) is 25.0 Å². The van der Waals surface area contributed by atoms with E-state index in [9.17, 15) is 22.4 Å². The van der Waals surface area contributed by atoms with E-state index in [-0.39, 0.29) is 23.0 Å². The van der Waals surface area contributed by atoms with Crippen LogP contribution in [0.15, 0.2) is 83.8 Å². The second-order valence-electron chi connectivity index (χ2n) is 8.38. The Balaban J connectivity index is 1.99. The molecule has 0 aliphatic rings. The largest absolute Gasteiger partial charge is 0.355 e. The fourth-order valence-electron chi connectivity index (χ4n) is 3.65. The van der Waals surface area contributed by atoms with Gasteiger partial charge in [0, 0.05) is 13.1 Å². The molecule has 0 aliphatic carbocycles. The summed E-state index contributed by atoms with van der Waals surface area (Å²) in [6.45, 7) is 5.31. The summed E-state index contributed by atoms with van der Waals surface area (Å²) in [7, 11) is -4.22. The van der Waals surface area contributed by atoms with E-state index in [1.54, 1.807) is 44.2 Å². The molecule has 36 heavy (non-hydrogen) atoms. The summed E-state index contributed by atoms with van der Waals surface area (Å²) in [6.07, 6.45) is 0. The standard InChI is InChI=1S/C27H30FN3O4S/c1-4-29-27(33)21(3)30(18-22-12-10-20(2)11-13-22)26(32)19-31(24-8-6-5-7-9-24)36(34,35)25-16-14-23(28)15-17-25/h5-17,21H,4,18-19H2,1-3H3,(H,29,33)/t21-/m0/s1. The molecule has 0 bridgehead atoms.